The molecule has 0 fully saturated rings. The minimum absolute atomic E-state index is 0.226. The first kappa shape index (κ1) is 12.7. The Labute approximate surface area is 96.6 Å². The second-order valence-electron chi connectivity index (χ2n) is 3.95. The van der Waals surface area contributed by atoms with Crippen molar-refractivity contribution in [2.75, 3.05) is 6.61 Å². The number of rotatable bonds is 5. The van der Waals surface area contributed by atoms with Crippen molar-refractivity contribution in [1.29, 1.82) is 0 Å². The molecule has 0 aliphatic carbocycles. The molecule has 0 saturated carbocycles. The van der Waals surface area contributed by atoms with Crippen LogP contribution in [0.4, 0.5) is 0 Å². The SMILES string of the molecule is CCCOC(=O)CC(N)c1cccc(C)c1. The Hall–Kier alpha value is -1.35. The molecule has 1 aromatic rings. The van der Waals surface area contributed by atoms with Gasteiger partial charge in [-0.1, -0.05) is 36.8 Å². The number of hydrogen-bond donors (Lipinski definition) is 1. The van der Waals surface area contributed by atoms with Crippen LogP contribution in [0.25, 0.3) is 0 Å². The summed E-state index contributed by atoms with van der Waals surface area (Å²) in [5.41, 5.74) is 8.06. The quantitative estimate of drug-likeness (QED) is 0.776. The van der Waals surface area contributed by atoms with E-state index in [0.29, 0.717) is 6.61 Å². The van der Waals surface area contributed by atoms with Crippen LogP contribution in [0.5, 0.6) is 0 Å². The van der Waals surface area contributed by atoms with Gasteiger partial charge in [-0.25, -0.2) is 0 Å². The third kappa shape index (κ3) is 4.03. The number of hydrogen-bond acceptors (Lipinski definition) is 3. The van der Waals surface area contributed by atoms with E-state index in [1.807, 2.05) is 38.1 Å². The number of benzene rings is 1. The van der Waals surface area contributed by atoms with Crippen molar-refractivity contribution in [3.05, 3.63) is 35.4 Å². The number of aryl methyl sites for hydroxylation is 1. The summed E-state index contributed by atoms with van der Waals surface area (Å²) in [5.74, 6) is -0.226. The zero-order valence-corrected chi connectivity index (χ0v) is 9.90. The average Bonchev–Trinajstić information content (AvgIpc) is 2.26. The molecule has 88 valence electrons. The topological polar surface area (TPSA) is 52.3 Å². The fraction of sp³-hybridized carbons (Fsp3) is 0.462. The molecule has 0 aromatic heterocycles. The Bertz CT molecular complexity index is 350. The lowest BCUT2D eigenvalue weighted by molar-refractivity contribution is -0.144. The second kappa shape index (κ2) is 6.28. The molecule has 0 heterocycles. The maximum atomic E-state index is 11.4. The van der Waals surface area contributed by atoms with E-state index >= 15 is 0 Å². The van der Waals surface area contributed by atoms with Gasteiger partial charge in [0, 0.05) is 6.04 Å². The molecule has 0 amide bonds. The number of nitrogens with two attached hydrogens (primary N) is 1. The van der Waals surface area contributed by atoms with Crippen LogP contribution in [0, 0.1) is 6.92 Å². The van der Waals surface area contributed by atoms with Crippen LogP contribution in [0.15, 0.2) is 24.3 Å². The Morgan fingerprint density at radius 3 is 2.88 bits per heavy atom. The zero-order chi connectivity index (χ0) is 12.0. The molecule has 0 aliphatic rings. The highest BCUT2D eigenvalue weighted by atomic mass is 16.5. The van der Waals surface area contributed by atoms with E-state index in [9.17, 15) is 4.79 Å². The van der Waals surface area contributed by atoms with Gasteiger partial charge in [0.1, 0.15) is 0 Å². The molecule has 16 heavy (non-hydrogen) atoms. The smallest absolute Gasteiger partial charge is 0.307 e. The van der Waals surface area contributed by atoms with Crippen molar-refractivity contribution in [2.45, 2.75) is 32.7 Å². The molecule has 0 aliphatic heterocycles. The third-order valence-electron chi connectivity index (χ3n) is 2.32. The van der Waals surface area contributed by atoms with E-state index in [4.69, 9.17) is 10.5 Å². The van der Waals surface area contributed by atoms with Crippen molar-refractivity contribution in [3.8, 4) is 0 Å². The molecule has 1 rings (SSSR count). The van der Waals surface area contributed by atoms with E-state index in [2.05, 4.69) is 0 Å². The van der Waals surface area contributed by atoms with Gasteiger partial charge in [0.05, 0.1) is 13.0 Å². The van der Waals surface area contributed by atoms with Crippen LogP contribution in [0.2, 0.25) is 0 Å². The normalized spacial score (nSPS) is 12.2. The Morgan fingerprint density at radius 2 is 2.25 bits per heavy atom. The molecule has 0 spiro atoms. The summed E-state index contributed by atoms with van der Waals surface area (Å²) in [4.78, 5) is 11.4. The predicted molar refractivity (Wildman–Crippen MR) is 64.0 cm³/mol. The van der Waals surface area contributed by atoms with Crippen molar-refractivity contribution in [3.63, 3.8) is 0 Å². The van der Waals surface area contributed by atoms with E-state index in [-0.39, 0.29) is 18.4 Å². The van der Waals surface area contributed by atoms with Crippen molar-refractivity contribution in [1.82, 2.24) is 0 Å². The maximum Gasteiger partial charge on any atom is 0.307 e. The van der Waals surface area contributed by atoms with Gasteiger partial charge in [0.15, 0.2) is 0 Å². The number of ether oxygens (including phenoxy) is 1. The van der Waals surface area contributed by atoms with Crippen LogP contribution >= 0.6 is 0 Å². The molecule has 3 heteroatoms. The monoisotopic (exact) mass is 221 g/mol. The second-order valence-corrected chi connectivity index (χ2v) is 3.95. The molecular formula is C13H19NO2. The molecular weight excluding hydrogens is 202 g/mol. The van der Waals surface area contributed by atoms with Gasteiger partial charge in [-0.15, -0.1) is 0 Å². The third-order valence-corrected chi connectivity index (χ3v) is 2.32. The first-order valence-electron chi connectivity index (χ1n) is 5.61. The lowest BCUT2D eigenvalue weighted by Gasteiger charge is -2.12. The summed E-state index contributed by atoms with van der Waals surface area (Å²) in [6.07, 6.45) is 1.08. The highest BCUT2D eigenvalue weighted by molar-refractivity contribution is 5.70. The van der Waals surface area contributed by atoms with E-state index < -0.39 is 0 Å². The molecule has 1 unspecified atom stereocenters. The van der Waals surface area contributed by atoms with E-state index in [1.54, 1.807) is 0 Å². The number of carbonyl (C=O) groups excluding carboxylic acids is 1. The fourth-order valence-corrected chi connectivity index (χ4v) is 1.47. The van der Waals surface area contributed by atoms with Gasteiger partial charge < -0.3 is 10.5 Å². The first-order chi connectivity index (χ1) is 7.63. The molecule has 0 radical (unpaired) electrons. The molecule has 3 nitrogen and oxygen atoms in total. The lowest BCUT2D eigenvalue weighted by atomic mass is 10.0. The van der Waals surface area contributed by atoms with Crippen LogP contribution < -0.4 is 5.73 Å². The average molecular weight is 221 g/mol. The number of carbonyl (C=O) groups is 1. The van der Waals surface area contributed by atoms with Crippen LogP contribution in [0.3, 0.4) is 0 Å². The molecule has 1 atom stereocenters. The maximum absolute atomic E-state index is 11.4. The van der Waals surface area contributed by atoms with Gasteiger partial charge in [-0.3, -0.25) is 4.79 Å². The minimum atomic E-state index is -0.274. The molecule has 1 aromatic carbocycles. The molecule has 0 bridgehead atoms. The fourth-order valence-electron chi connectivity index (χ4n) is 1.47. The van der Waals surface area contributed by atoms with Gasteiger partial charge in [-0.05, 0) is 18.9 Å². The molecule has 0 saturated heterocycles. The first-order valence-corrected chi connectivity index (χ1v) is 5.61. The Kier molecular flexibility index (Phi) is 4.99. The number of esters is 1. The van der Waals surface area contributed by atoms with E-state index in [1.165, 1.54) is 0 Å². The Balaban J connectivity index is 2.52. The summed E-state index contributed by atoms with van der Waals surface area (Å²) in [5, 5.41) is 0. The zero-order valence-electron chi connectivity index (χ0n) is 9.90. The van der Waals surface area contributed by atoms with Crippen LogP contribution in [0.1, 0.15) is 36.9 Å². The Morgan fingerprint density at radius 1 is 1.50 bits per heavy atom. The summed E-state index contributed by atoms with van der Waals surface area (Å²) in [6, 6.07) is 7.61. The van der Waals surface area contributed by atoms with Gasteiger partial charge in [0.25, 0.3) is 0 Å². The summed E-state index contributed by atoms with van der Waals surface area (Å²) >= 11 is 0. The van der Waals surface area contributed by atoms with Crippen molar-refractivity contribution < 1.29 is 9.53 Å². The highest BCUT2D eigenvalue weighted by Gasteiger charge is 2.12. The van der Waals surface area contributed by atoms with Crippen molar-refractivity contribution >= 4 is 5.97 Å². The predicted octanol–water partition coefficient (Wildman–Crippen LogP) is 2.34. The summed E-state index contributed by atoms with van der Waals surface area (Å²) in [6.45, 7) is 4.44. The standard InChI is InChI=1S/C13H19NO2/c1-3-7-16-13(15)9-12(14)11-6-4-5-10(2)8-11/h4-6,8,12H,3,7,9,14H2,1-2H3. The highest BCUT2D eigenvalue weighted by Crippen LogP contribution is 2.15. The van der Waals surface area contributed by atoms with Crippen molar-refractivity contribution in [2.24, 2.45) is 5.73 Å². The van der Waals surface area contributed by atoms with Gasteiger partial charge in [-0.2, -0.15) is 0 Å². The minimum Gasteiger partial charge on any atom is -0.466 e. The summed E-state index contributed by atoms with van der Waals surface area (Å²) in [7, 11) is 0. The van der Waals surface area contributed by atoms with Gasteiger partial charge >= 0.3 is 5.97 Å². The molecule has 2 N–H and O–H groups in total. The van der Waals surface area contributed by atoms with Crippen LogP contribution in [-0.4, -0.2) is 12.6 Å². The largest absolute Gasteiger partial charge is 0.466 e. The van der Waals surface area contributed by atoms with Crippen LogP contribution in [-0.2, 0) is 9.53 Å². The van der Waals surface area contributed by atoms with E-state index in [0.717, 1.165) is 17.5 Å². The lowest BCUT2D eigenvalue weighted by Crippen LogP contribution is -2.17. The van der Waals surface area contributed by atoms with Gasteiger partial charge in [0.2, 0.25) is 0 Å². The summed E-state index contributed by atoms with van der Waals surface area (Å²) < 4.78 is 4.99.